The summed E-state index contributed by atoms with van der Waals surface area (Å²) in [5.41, 5.74) is 34.3. The summed E-state index contributed by atoms with van der Waals surface area (Å²) in [6.45, 7) is 31.4. The Bertz CT molecular complexity index is 7140. The number of fused-ring (bicyclic) bond motifs is 2. The third kappa shape index (κ3) is 18.8. The number of aromatic hydroxyl groups is 2. The van der Waals surface area contributed by atoms with Gasteiger partial charge in [0.2, 0.25) is 0 Å². The number of para-hydroxylation sites is 2. The van der Waals surface area contributed by atoms with Crippen LogP contribution in [0.1, 0.15) is 142 Å². The Morgan fingerprint density at radius 2 is 0.748 bits per heavy atom. The first kappa shape index (κ1) is 86.4. The van der Waals surface area contributed by atoms with Crippen molar-refractivity contribution in [1.29, 1.82) is 0 Å². The number of hydrogen-bond donors (Lipinski definition) is 2. The molecule has 0 radical (unpaired) electrons. The molecule has 638 valence electrons. The summed E-state index contributed by atoms with van der Waals surface area (Å²) < 4.78 is 21.5. The molecule has 0 saturated carbocycles. The van der Waals surface area contributed by atoms with Gasteiger partial charge in [-0.15, -0.1) is 47.5 Å². The van der Waals surface area contributed by atoms with Crippen molar-refractivity contribution >= 4 is 22.1 Å². The van der Waals surface area contributed by atoms with Gasteiger partial charge in [0.15, 0.2) is 0 Å². The third-order valence-electron chi connectivity index (χ3n) is 23.8. The Balaban J connectivity index is 0.000000195. The summed E-state index contributed by atoms with van der Waals surface area (Å²) in [7, 11) is 0. The number of aryl methyl sites for hydroxylation is 3. The van der Waals surface area contributed by atoms with Crippen LogP contribution in [-0.2, 0) is 59.4 Å². The summed E-state index contributed by atoms with van der Waals surface area (Å²) in [4.78, 5) is 20.9. The van der Waals surface area contributed by atoms with E-state index in [0.29, 0.717) is 28.7 Å². The fraction of sp³-hybridized carbons (Fsp3) is 0.179. The Hall–Kier alpha value is -12.7. The van der Waals surface area contributed by atoms with Crippen LogP contribution in [0.15, 0.2) is 328 Å². The zero-order valence-corrected chi connectivity index (χ0v) is 79.2. The molecule has 0 fully saturated rings. The molecule has 0 aliphatic carbocycles. The van der Waals surface area contributed by atoms with Gasteiger partial charge in [0.05, 0.1) is 44.6 Å². The average Bonchev–Trinajstić information content (AvgIpc) is 1.61. The smallest absolute Gasteiger partial charge is 0.148 e. The van der Waals surface area contributed by atoms with E-state index < -0.39 is 11.8 Å². The van der Waals surface area contributed by atoms with Crippen LogP contribution in [-0.4, -0.2) is 39.3 Å². The van der Waals surface area contributed by atoms with Gasteiger partial charge in [0, 0.05) is 85.3 Å². The van der Waals surface area contributed by atoms with Crippen molar-refractivity contribution in [3.8, 4) is 157 Å². The van der Waals surface area contributed by atoms with E-state index in [4.69, 9.17) is 22.7 Å². The molecule has 0 amide bonds. The summed E-state index contributed by atoms with van der Waals surface area (Å²) in [5, 5.41) is 24.1. The topological polar surface area (TPSA) is 102 Å². The van der Waals surface area contributed by atoms with E-state index in [1.807, 2.05) is 114 Å². The molecule has 127 heavy (non-hydrogen) atoms. The van der Waals surface area contributed by atoms with Crippen molar-refractivity contribution in [2.45, 2.75) is 133 Å². The SMILES string of the molecule is [2H]C(C)(C)c1ccc(-c2ccnc(-c3[c-]c(-c4cccc5c4nc(-c4cc(C)cc(C(C)(C)C)c4O)n5-c4ccc(CC(C)C)cc4-c4ccccc4)cc(-c4ccccc4)c3)c2)cc1.[2H]C(C)(C)c1ccc(-c2ccnc(-c3[c-]c(-c4cccc5c4nc(-c4cc(C)cc(C)c4O)n5-c4ccc(C(C)(C)C)cc4-c4ccccc4)cc(-c4ccccc4)c3)c2)cc1.[Pt].[Pt]. The van der Waals surface area contributed by atoms with Gasteiger partial charge in [-0.1, -0.05) is 347 Å². The van der Waals surface area contributed by atoms with Gasteiger partial charge in [-0.05, 0) is 200 Å². The molecule has 0 saturated heterocycles. The van der Waals surface area contributed by atoms with E-state index in [0.717, 1.165) is 185 Å². The van der Waals surface area contributed by atoms with Crippen molar-refractivity contribution < 1.29 is 55.1 Å². The van der Waals surface area contributed by atoms with Crippen LogP contribution in [0.2, 0.25) is 0 Å². The molecule has 2 N–H and O–H groups in total. The Morgan fingerprint density at radius 1 is 0.346 bits per heavy atom. The number of nitrogens with zero attached hydrogens (tertiary/aromatic N) is 6. The van der Waals surface area contributed by atoms with E-state index in [9.17, 15) is 10.2 Å². The Labute approximate surface area is 780 Å². The molecule has 14 aromatic carbocycles. The molecular weight excluding hydrogens is 1910 g/mol. The van der Waals surface area contributed by atoms with E-state index in [2.05, 4.69) is 339 Å². The number of hydrogen-bond acceptors (Lipinski definition) is 6. The molecule has 0 atom stereocenters. The number of benzene rings is 14. The summed E-state index contributed by atoms with van der Waals surface area (Å²) >= 11 is 0. The maximum absolute atomic E-state index is 12.3. The van der Waals surface area contributed by atoms with E-state index >= 15 is 0 Å². The summed E-state index contributed by atoms with van der Waals surface area (Å²) in [6.07, 6.45) is 4.68. The van der Waals surface area contributed by atoms with Crippen LogP contribution >= 0.6 is 0 Å². The standard InChI is InChI=1S/C60H56N3O.C57H50N3O.2Pt/c1-38(2)30-41-22-27-55(51(33-41)45-18-13-10-14-19-45)63-56-21-15-20-50(57(56)62-59(63)52-31-40(5)32-53(58(52)64)60(6,7)8)48-34-47(43-16-11-9-12-17-43)35-49(36-48)54-37-46(28-29-61-54)44-25-23-42(24-26-44)39(3)4;1-36(2)39-21-23-41(24-22-39)43-27-28-58-51(34-43)46-32-44(40-15-10-8-11-16-40)31-45(33-46)48-19-14-20-53-54(48)59-56(50-30-37(3)29-38(4)55(50)61)60(53)52-26-25-47(57(5,6)7)35-49(52)42-17-12-9-13-18-42;;/h9-29,31-35,37-39,64H,30H2,1-8H3;8-32,34-36,61H,1-7H3;;/q2*-1;;/i39D;36D;;. The van der Waals surface area contributed by atoms with Gasteiger partial charge >= 0.3 is 0 Å². The second-order valence-electron chi connectivity index (χ2n) is 36.1. The molecule has 4 heterocycles. The first-order valence-corrected chi connectivity index (χ1v) is 43.3. The quantitative estimate of drug-likeness (QED) is 0.0830. The Kier molecular flexibility index (Phi) is 25.5. The molecule has 18 rings (SSSR count). The van der Waals surface area contributed by atoms with Crippen LogP contribution in [0.4, 0.5) is 0 Å². The third-order valence-corrected chi connectivity index (χ3v) is 23.8. The number of phenolic OH excluding ortho intramolecular Hbond substituents is 2. The molecule has 0 spiro atoms. The summed E-state index contributed by atoms with van der Waals surface area (Å²) in [6, 6.07) is 118. The predicted molar refractivity (Wildman–Crippen MR) is 522 cm³/mol. The fourth-order valence-electron chi connectivity index (χ4n) is 17.2. The molecule has 4 aromatic heterocycles. The second-order valence-corrected chi connectivity index (χ2v) is 36.1. The van der Waals surface area contributed by atoms with Gasteiger partial charge < -0.3 is 10.2 Å². The molecule has 10 heteroatoms. The maximum atomic E-state index is 12.3. The summed E-state index contributed by atoms with van der Waals surface area (Å²) in [5.74, 6) is 0.921. The van der Waals surface area contributed by atoms with Gasteiger partial charge in [-0.2, -0.15) is 0 Å². The normalized spacial score (nSPS) is 12.0. The number of imidazole rings is 2. The first-order valence-electron chi connectivity index (χ1n) is 44.3. The van der Waals surface area contributed by atoms with Crippen molar-refractivity contribution in [3.05, 3.63) is 384 Å². The van der Waals surface area contributed by atoms with Gasteiger partial charge in [-0.3, -0.25) is 19.1 Å². The number of phenols is 2. The minimum Gasteiger partial charge on any atom is -0.507 e. The predicted octanol–water partition coefficient (Wildman–Crippen LogP) is 30.8. The fourth-order valence-corrected chi connectivity index (χ4v) is 17.2. The number of pyridine rings is 2. The number of rotatable bonds is 18. The van der Waals surface area contributed by atoms with E-state index in [1.165, 1.54) is 11.1 Å². The second kappa shape index (κ2) is 37.5. The first-order chi connectivity index (χ1) is 60.8. The van der Waals surface area contributed by atoms with Crippen molar-refractivity contribution in [3.63, 3.8) is 0 Å². The van der Waals surface area contributed by atoms with Crippen LogP contribution in [0, 0.1) is 38.8 Å². The maximum Gasteiger partial charge on any atom is 0.148 e. The zero-order valence-electron chi connectivity index (χ0n) is 76.7. The minimum atomic E-state index is -0.678. The van der Waals surface area contributed by atoms with Crippen molar-refractivity contribution in [2.24, 2.45) is 5.92 Å². The molecule has 0 unspecified atom stereocenters. The van der Waals surface area contributed by atoms with Gasteiger partial charge in [-0.25, -0.2) is 9.97 Å². The van der Waals surface area contributed by atoms with Crippen LogP contribution in [0.25, 0.3) is 168 Å². The van der Waals surface area contributed by atoms with Crippen LogP contribution < -0.4 is 0 Å². The van der Waals surface area contributed by atoms with Crippen LogP contribution in [0.5, 0.6) is 11.5 Å². The largest absolute Gasteiger partial charge is 0.507 e. The minimum absolute atomic E-state index is 0. The molecule has 8 nitrogen and oxygen atoms in total. The molecule has 0 aliphatic heterocycles. The molecule has 0 bridgehead atoms. The van der Waals surface area contributed by atoms with E-state index in [-0.39, 0.29) is 64.5 Å². The van der Waals surface area contributed by atoms with E-state index in [1.54, 1.807) is 0 Å². The number of aromatic nitrogens is 6. The average molecular weight is 2020 g/mol. The van der Waals surface area contributed by atoms with Crippen LogP contribution in [0.3, 0.4) is 0 Å². The van der Waals surface area contributed by atoms with Gasteiger partial charge in [0.1, 0.15) is 23.1 Å². The van der Waals surface area contributed by atoms with Gasteiger partial charge in [0.25, 0.3) is 0 Å². The van der Waals surface area contributed by atoms with Crippen molar-refractivity contribution in [2.75, 3.05) is 0 Å². The van der Waals surface area contributed by atoms with Crippen molar-refractivity contribution in [1.82, 2.24) is 29.1 Å². The molecule has 18 aromatic rings. The molecule has 0 aliphatic rings. The zero-order chi connectivity index (χ0) is 89.0. The monoisotopic (exact) mass is 2020 g/mol. The Morgan fingerprint density at radius 3 is 1.17 bits per heavy atom. The molecular formula is C117H106N6O2Pt2-2.